The predicted molar refractivity (Wildman–Crippen MR) is 82.0 cm³/mol. The number of ether oxygens (including phenoxy) is 1. The first kappa shape index (κ1) is 15.8. The lowest BCUT2D eigenvalue weighted by molar-refractivity contribution is 0.0696. The monoisotopic (exact) mass is 292 g/mol. The van der Waals surface area contributed by atoms with E-state index in [1.807, 2.05) is 0 Å². The average molecular weight is 292 g/mol. The summed E-state index contributed by atoms with van der Waals surface area (Å²) in [7, 11) is 4.28. The molecule has 1 N–H and O–H groups in total. The summed E-state index contributed by atoms with van der Waals surface area (Å²) in [6.45, 7) is 3.64. The van der Waals surface area contributed by atoms with E-state index in [2.05, 4.69) is 23.9 Å². The molecule has 1 fully saturated rings. The van der Waals surface area contributed by atoms with Crippen LogP contribution in [0.15, 0.2) is 24.3 Å². The topological polar surface area (TPSA) is 53.0 Å². The molecule has 5 nitrogen and oxygen atoms in total. The standard InChI is InChI=1S/C16H24N2O3/c1-17(12-14-6-4-8-18(14)2)9-10-21-15-7-3-5-13(11-15)16(19)20/h3,5,7,11,14H,4,6,8-10,12H2,1-2H3,(H,19,20). The largest absolute Gasteiger partial charge is 0.492 e. The summed E-state index contributed by atoms with van der Waals surface area (Å²) >= 11 is 0. The first-order valence-electron chi connectivity index (χ1n) is 7.41. The highest BCUT2D eigenvalue weighted by Crippen LogP contribution is 2.16. The van der Waals surface area contributed by atoms with Crippen molar-refractivity contribution in [3.05, 3.63) is 29.8 Å². The number of likely N-dealkylation sites (N-methyl/N-ethyl adjacent to an activating group) is 2. The minimum Gasteiger partial charge on any atom is -0.492 e. The van der Waals surface area contributed by atoms with Gasteiger partial charge in [-0.3, -0.25) is 0 Å². The Morgan fingerprint density at radius 2 is 2.33 bits per heavy atom. The molecule has 0 bridgehead atoms. The van der Waals surface area contributed by atoms with Crippen LogP contribution in [0.2, 0.25) is 0 Å². The van der Waals surface area contributed by atoms with Gasteiger partial charge >= 0.3 is 5.97 Å². The molecule has 0 spiro atoms. The highest BCUT2D eigenvalue weighted by Gasteiger charge is 2.21. The molecule has 1 saturated heterocycles. The van der Waals surface area contributed by atoms with E-state index in [0.29, 0.717) is 18.4 Å². The predicted octanol–water partition coefficient (Wildman–Crippen LogP) is 1.79. The van der Waals surface area contributed by atoms with Crippen LogP contribution in [-0.4, -0.2) is 67.3 Å². The SMILES string of the molecule is CN(CCOc1cccc(C(=O)O)c1)CC1CCCN1C. The zero-order chi connectivity index (χ0) is 15.2. The molecule has 1 aromatic rings. The second kappa shape index (κ2) is 7.43. The van der Waals surface area contributed by atoms with E-state index in [-0.39, 0.29) is 5.56 Å². The van der Waals surface area contributed by atoms with E-state index in [9.17, 15) is 4.79 Å². The molecular formula is C16H24N2O3. The van der Waals surface area contributed by atoms with Gasteiger partial charge in [-0.15, -0.1) is 0 Å². The second-order valence-electron chi connectivity index (χ2n) is 5.72. The number of carboxylic acids is 1. The van der Waals surface area contributed by atoms with Gasteiger partial charge in [-0.1, -0.05) is 6.07 Å². The number of hydrogen-bond donors (Lipinski definition) is 1. The molecule has 1 unspecified atom stereocenters. The van der Waals surface area contributed by atoms with Gasteiger partial charge in [0.2, 0.25) is 0 Å². The number of carboxylic acid groups (broad SMARTS) is 1. The number of carbonyl (C=O) groups is 1. The molecule has 1 atom stereocenters. The summed E-state index contributed by atoms with van der Waals surface area (Å²) in [5.41, 5.74) is 0.258. The van der Waals surface area contributed by atoms with Crippen LogP contribution in [0.25, 0.3) is 0 Å². The molecule has 1 aliphatic rings. The van der Waals surface area contributed by atoms with Crippen molar-refractivity contribution in [2.45, 2.75) is 18.9 Å². The number of rotatable bonds is 7. The van der Waals surface area contributed by atoms with E-state index in [1.165, 1.54) is 19.4 Å². The number of aromatic carboxylic acids is 1. The molecule has 2 rings (SSSR count). The van der Waals surface area contributed by atoms with Crippen molar-refractivity contribution < 1.29 is 14.6 Å². The Morgan fingerprint density at radius 1 is 1.52 bits per heavy atom. The van der Waals surface area contributed by atoms with E-state index >= 15 is 0 Å². The molecule has 116 valence electrons. The van der Waals surface area contributed by atoms with Crippen molar-refractivity contribution in [3.63, 3.8) is 0 Å². The molecule has 21 heavy (non-hydrogen) atoms. The Morgan fingerprint density at radius 3 is 3.00 bits per heavy atom. The summed E-state index contributed by atoms with van der Waals surface area (Å²) in [5.74, 6) is -0.317. The fourth-order valence-corrected chi connectivity index (χ4v) is 2.70. The van der Waals surface area contributed by atoms with Gasteiger partial charge in [0.15, 0.2) is 0 Å². The molecule has 0 aliphatic carbocycles. The highest BCUT2D eigenvalue weighted by atomic mass is 16.5. The van der Waals surface area contributed by atoms with Crippen molar-refractivity contribution in [1.29, 1.82) is 0 Å². The van der Waals surface area contributed by atoms with E-state index in [0.717, 1.165) is 13.1 Å². The zero-order valence-corrected chi connectivity index (χ0v) is 12.8. The first-order valence-corrected chi connectivity index (χ1v) is 7.41. The molecule has 0 radical (unpaired) electrons. The highest BCUT2D eigenvalue weighted by molar-refractivity contribution is 5.87. The van der Waals surface area contributed by atoms with Crippen molar-refractivity contribution >= 4 is 5.97 Å². The number of nitrogens with zero attached hydrogens (tertiary/aromatic N) is 2. The number of benzene rings is 1. The van der Waals surface area contributed by atoms with E-state index in [1.54, 1.807) is 24.3 Å². The Hall–Kier alpha value is -1.59. The van der Waals surface area contributed by atoms with Gasteiger partial charge in [0, 0.05) is 19.1 Å². The molecule has 5 heteroatoms. The van der Waals surface area contributed by atoms with E-state index < -0.39 is 5.97 Å². The van der Waals surface area contributed by atoms with Crippen LogP contribution in [0.4, 0.5) is 0 Å². The van der Waals surface area contributed by atoms with Crippen LogP contribution in [0, 0.1) is 0 Å². The maximum absolute atomic E-state index is 10.9. The molecule has 1 aromatic carbocycles. The molecular weight excluding hydrogens is 268 g/mol. The van der Waals surface area contributed by atoms with Gasteiger partial charge in [0.1, 0.15) is 12.4 Å². The Bertz CT molecular complexity index is 478. The Labute approximate surface area is 126 Å². The molecule has 0 aromatic heterocycles. The summed E-state index contributed by atoms with van der Waals surface area (Å²) < 4.78 is 5.64. The third-order valence-corrected chi connectivity index (χ3v) is 4.02. The Kier molecular flexibility index (Phi) is 5.59. The fraction of sp³-hybridized carbons (Fsp3) is 0.562. The van der Waals surface area contributed by atoms with Crippen LogP contribution in [0.3, 0.4) is 0 Å². The van der Waals surface area contributed by atoms with Crippen molar-refractivity contribution in [2.24, 2.45) is 0 Å². The Balaban J connectivity index is 1.73. The fourth-order valence-electron chi connectivity index (χ4n) is 2.70. The van der Waals surface area contributed by atoms with Crippen LogP contribution in [0.1, 0.15) is 23.2 Å². The zero-order valence-electron chi connectivity index (χ0n) is 12.8. The number of hydrogen-bond acceptors (Lipinski definition) is 4. The van der Waals surface area contributed by atoms with Crippen molar-refractivity contribution in [3.8, 4) is 5.75 Å². The third kappa shape index (κ3) is 4.72. The van der Waals surface area contributed by atoms with Gasteiger partial charge in [0.05, 0.1) is 5.56 Å². The summed E-state index contributed by atoms with van der Waals surface area (Å²) in [6, 6.07) is 7.27. The van der Waals surface area contributed by atoms with E-state index in [4.69, 9.17) is 9.84 Å². The minimum atomic E-state index is -0.929. The average Bonchev–Trinajstić information content (AvgIpc) is 2.84. The van der Waals surface area contributed by atoms with Crippen molar-refractivity contribution in [1.82, 2.24) is 9.80 Å². The van der Waals surface area contributed by atoms with Gasteiger partial charge in [-0.05, 0) is 51.7 Å². The lowest BCUT2D eigenvalue weighted by atomic mass is 10.2. The summed E-state index contributed by atoms with van der Waals surface area (Å²) in [5, 5.41) is 8.94. The molecule has 0 saturated carbocycles. The first-order chi connectivity index (χ1) is 10.1. The normalized spacial score (nSPS) is 19.1. The summed E-state index contributed by atoms with van der Waals surface area (Å²) in [4.78, 5) is 15.6. The second-order valence-corrected chi connectivity index (χ2v) is 5.72. The molecule has 0 amide bonds. The van der Waals surface area contributed by atoms with Gasteiger partial charge < -0.3 is 19.6 Å². The van der Waals surface area contributed by atoms with Crippen molar-refractivity contribution in [2.75, 3.05) is 40.3 Å². The lowest BCUT2D eigenvalue weighted by Gasteiger charge is -2.25. The van der Waals surface area contributed by atoms with Gasteiger partial charge in [-0.25, -0.2) is 4.79 Å². The van der Waals surface area contributed by atoms with Gasteiger partial charge in [-0.2, -0.15) is 0 Å². The smallest absolute Gasteiger partial charge is 0.335 e. The third-order valence-electron chi connectivity index (χ3n) is 4.02. The summed E-state index contributed by atoms with van der Waals surface area (Å²) in [6.07, 6.45) is 2.55. The van der Waals surface area contributed by atoms with Crippen LogP contribution < -0.4 is 4.74 Å². The minimum absolute atomic E-state index is 0.258. The maximum Gasteiger partial charge on any atom is 0.335 e. The maximum atomic E-state index is 10.9. The van der Waals surface area contributed by atoms with Crippen LogP contribution in [0.5, 0.6) is 5.75 Å². The lowest BCUT2D eigenvalue weighted by Crippen LogP contribution is -2.38. The van der Waals surface area contributed by atoms with Crippen LogP contribution in [-0.2, 0) is 0 Å². The number of likely N-dealkylation sites (tertiary alicyclic amines) is 1. The molecule has 1 aliphatic heterocycles. The molecule has 1 heterocycles. The van der Waals surface area contributed by atoms with Crippen LogP contribution >= 0.6 is 0 Å². The quantitative estimate of drug-likeness (QED) is 0.830. The van der Waals surface area contributed by atoms with Gasteiger partial charge in [0.25, 0.3) is 0 Å².